The van der Waals surface area contributed by atoms with Crippen LogP contribution in [0.5, 0.6) is 0 Å². The topological polar surface area (TPSA) is 29.5 Å². The van der Waals surface area contributed by atoms with E-state index in [0.717, 1.165) is 55.4 Å². The number of likely N-dealkylation sites (tertiary alicyclic amines) is 1. The van der Waals surface area contributed by atoms with Gasteiger partial charge in [0.2, 0.25) is 0 Å². The summed E-state index contributed by atoms with van der Waals surface area (Å²) in [5.74, 6) is 8.76. The minimum Gasteiger partial charge on any atom is -0.467 e. The molecular weight excluding hydrogens is 406 g/mol. The summed E-state index contributed by atoms with van der Waals surface area (Å²) in [6.07, 6.45) is 17.6. The number of fused-ring (bicyclic) bond motifs is 5. The monoisotopic (exact) mass is 453 g/mol. The molecule has 4 aliphatic carbocycles. The van der Waals surface area contributed by atoms with Gasteiger partial charge in [-0.15, -0.1) is 0 Å². The van der Waals surface area contributed by atoms with Crippen molar-refractivity contribution in [1.29, 1.82) is 0 Å². The van der Waals surface area contributed by atoms with Gasteiger partial charge in [0, 0.05) is 19.0 Å². The van der Waals surface area contributed by atoms with Crippen LogP contribution in [0, 0.1) is 58.3 Å². The van der Waals surface area contributed by atoms with Gasteiger partial charge >= 0.3 is 5.97 Å². The van der Waals surface area contributed by atoms with Crippen LogP contribution in [0.4, 0.5) is 0 Å². The van der Waals surface area contributed by atoms with Crippen LogP contribution >= 0.6 is 0 Å². The van der Waals surface area contributed by atoms with Crippen LogP contribution in [0.1, 0.15) is 104 Å². The smallest absolute Gasteiger partial charge is 0.329 e. The van der Waals surface area contributed by atoms with E-state index >= 15 is 0 Å². The van der Waals surface area contributed by atoms with Crippen LogP contribution in [0.25, 0.3) is 0 Å². The highest BCUT2D eigenvalue weighted by Gasteiger charge is 2.60. The summed E-state index contributed by atoms with van der Waals surface area (Å²) in [5, 5.41) is 0. The molecule has 0 aromatic heterocycles. The van der Waals surface area contributed by atoms with E-state index in [9.17, 15) is 4.79 Å². The molecule has 0 aromatic rings. The Labute approximate surface area is 202 Å². The van der Waals surface area contributed by atoms with Crippen LogP contribution in [0.2, 0.25) is 0 Å². The summed E-state index contributed by atoms with van der Waals surface area (Å²) in [4.78, 5) is 14.1. The van der Waals surface area contributed by atoms with Gasteiger partial charge < -0.3 is 9.64 Å². The highest BCUT2D eigenvalue weighted by molar-refractivity contribution is 5.76. The minimum absolute atomic E-state index is 0.126. The maximum absolute atomic E-state index is 12.0. The number of carbonyl (C=O) groups excluding carboxylic acids is 1. The third kappa shape index (κ3) is 3.92. The van der Waals surface area contributed by atoms with Gasteiger partial charge in [0.05, 0.1) is 7.11 Å². The molecule has 0 bridgehead atoms. The molecule has 5 aliphatic rings. The SMILES string of the molecule is COC(=O)C1CCCN1C#CC[C@@H](C)[C@H]1CC[C@H]2[C@@H]3CCC4CCCC[C@]4(C)[C@H]3CC[C@]12C. The van der Waals surface area contributed by atoms with Crippen LogP contribution in [0.15, 0.2) is 0 Å². The fourth-order valence-corrected chi connectivity index (χ4v) is 10.0. The number of hydrogen-bond donors (Lipinski definition) is 0. The van der Waals surface area contributed by atoms with Gasteiger partial charge in [-0.2, -0.15) is 0 Å². The van der Waals surface area contributed by atoms with Gasteiger partial charge in [0.15, 0.2) is 0 Å². The van der Waals surface area contributed by atoms with E-state index in [2.05, 4.69) is 32.7 Å². The molecule has 1 saturated heterocycles. The summed E-state index contributed by atoms with van der Waals surface area (Å²) in [6, 6.07) is 3.19. The van der Waals surface area contributed by atoms with Crippen LogP contribution in [-0.4, -0.2) is 30.6 Å². The molecule has 1 aliphatic heterocycles. The molecule has 3 nitrogen and oxygen atoms in total. The van der Waals surface area contributed by atoms with Crippen molar-refractivity contribution in [1.82, 2.24) is 4.90 Å². The second-order valence-corrected chi connectivity index (χ2v) is 13.0. The van der Waals surface area contributed by atoms with Crippen molar-refractivity contribution in [2.24, 2.45) is 46.3 Å². The summed E-state index contributed by atoms with van der Waals surface area (Å²) in [7, 11) is 1.49. The van der Waals surface area contributed by atoms with Crippen molar-refractivity contribution in [3.63, 3.8) is 0 Å². The molecule has 5 fully saturated rings. The minimum atomic E-state index is -0.155. The quantitative estimate of drug-likeness (QED) is 0.353. The van der Waals surface area contributed by atoms with Crippen LogP contribution < -0.4 is 0 Å². The molecule has 5 rings (SSSR count). The van der Waals surface area contributed by atoms with Crippen molar-refractivity contribution >= 4 is 5.97 Å². The third-order valence-electron chi connectivity index (χ3n) is 11.7. The Morgan fingerprint density at radius 1 is 0.970 bits per heavy atom. The number of carbonyl (C=O) groups is 1. The predicted molar refractivity (Wildman–Crippen MR) is 133 cm³/mol. The largest absolute Gasteiger partial charge is 0.467 e. The van der Waals surface area contributed by atoms with Crippen molar-refractivity contribution in [3.05, 3.63) is 0 Å². The second kappa shape index (κ2) is 9.13. The van der Waals surface area contributed by atoms with E-state index in [-0.39, 0.29) is 12.0 Å². The Kier molecular flexibility index (Phi) is 6.52. The third-order valence-corrected chi connectivity index (χ3v) is 11.7. The zero-order valence-corrected chi connectivity index (χ0v) is 21.7. The first-order chi connectivity index (χ1) is 15.9. The fraction of sp³-hybridized carbons (Fsp3) is 0.900. The summed E-state index contributed by atoms with van der Waals surface area (Å²) in [6.45, 7) is 8.72. The Hall–Kier alpha value is -1.17. The molecule has 0 N–H and O–H groups in total. The number of nitrogens with zero attached hydrogens (tertiary/aromatic N) is 1. The molecule has 9 atom stereocenters. The first-order valence-corrected chi connectivity index (χ1v) is 14.2. The maximum Gasteiger partial charge on any atom is 0.329 e. The van der Waals surface area contributed by atoms with Crippen LogP contribution in [0.3, 0.4) is 0 Å². The number of rotatable bonds is 3. The Bertz CT molecular complexity index is 797. The van der Waals surface area contributed by atoms with Crippen molar-refractivity contribution in [2.45, 2.75) is 110 Å². The first kappa shape index (κ1) is 23.6. The molecule has 1 heterocycles. The molecule has 0 amide bonds. The normalized spacial score (nSPS) is 45.3. The lowest BCUT2D eigenvalue weighted by molar-refractivity contribution is -0.144. The Morgan fingerprint density at radius 3 is 2.61 bits per heavy atom. The highest BCUT2D eigenvalue weighted by Crippen LogP contribution is 2.68. The van der Waals surface area contributed by atoms with Crippen LogP contribution in [-0.2, 0) is 9.53 Å². The van der Waals surface area contributed by atoms with E-state index < -0.39 is 0 Å². The lowest BCUT2D eigenvalue weighted by Gasteiger charge is -2.60. The number of esters is 1. The number of hydrogen-bond acceptors (Lipinski definition) is 3. The van der Waals surface area contributed by atoms with Gasteiger partial charge in [-0.1, -0.05) is 39.5 Å². The van der Waals surface area contributed by atoms with Gasteiger partial charge in [0.1, 0.15) is 6.04 Å². The summed E-state index contributed by atoms with van der Waals surface area (Å²) in [5.41, 5.74) is 1.16. The van der Waals surface area contributed by atoms with Crippen molar-refractivity contribution in [3.8, 4) is 12.0 Å². The van der Waals surface area contributed by atoms with E-state index in [0.29, 0.717) is 16.7 Å². The number of methoxy groups -OCH3 is 1. The fourth-order valence-electron chi connectivity index (χ4n) is 10.0. The highest BCUT2D eigenvalue weighted by atomic mass is 16.5. The van der Waals surface area contributed by atoms with Crippen molar-refractivity contribution in [2.75, 3.05) is 13.7 Å². The molecule has 4 saturated carbocycles. The lowest BCUT2D eigenvalue weighted by Crippen LogP contribution is -2.53. The molecule has 0 radical (unpaired) electrons. The molecule has 0 spiro atoms. The van der Waals surface area contributed by atoms with E-state index in [1.165, 1.54) is 71.3 Å². The summed E-state index contributed by atoms with van der Waals surface area (Å²) < 4.78 is 4.98. The summed E-state index contributed by atoms with van der Waals surface area (Å²) >= 11 is 0. The zero-order chi connectivity index (χ0) is 23.2. The molecule has 184 valence electrons. The van der Waals surface area contributed by atoms with Crippen molar-refractivity contribution < 1.29 is 9.53 Å². The van der Waals surface area contributed by atoms with Gasteiger partial charge in [-0.3, -0.25) is 0 Å². The van der Waals surface area contributed by atoms with E-state index in [1.807, 2.05) is 4.90 Å². The molecular formula is C30H47NO2. The second-order valence-electron chi connectivity index (χ2n) is 13.0. The number of ether oxygens (including phenoxy) is 1. The lowest BCUT2D eigenvalue weighted by atomic mass is 9.44. The Morgan fingerprint density at radius 2 is 1.79 bits per heavy atom. The molecule has 0 aromatic carbocycles. The van der Waals surface area contributed by atoms with E-state index in [1.54, 1.807) is 0 Å². The predicted octanol–water partition coefficient (Wildman–Crippen LogP) is 6.66. The molecule has 33 heavy (non-hydrogen) atoms. The standard InChI is InChI=1S/C30H47NO2/c1-21(9-7-19-31-20-8-11-27(31)28(32)33-4)24-14-15-25-23-13-12-22-10-5-6-17-29(22,2)26(23)16-18-30(24,25)3/h21-27H,5-6,8-18,20H2,1-4H3/t21-,22?,23+,24-,25+,26+,27?,29+,30-/m1/s1. The van der Waals surface area contributed by atoms with Gasteiger partial charge in [-0.25, -0.2) is 4.79 Å². The molecule has 2 unspecified atom stereocenters. The molecule has 3 heteroatoms. The zero-order valence-electron chi connectivity index (χ0n) is 21.7. The maximum atomic E-state index is 12.0. The van der Waals surface area contributed by atoms with E-state index in [4.69, 9.17) is 4.74 Å². The average molecular weight is 454 g/mol. The van der Waals surface area contributed by atoms with Gasteiger partial charge in [0.25, 0.3) is 0 Å². The Balaban J connectivity index is 1.25. The first-order valence-electron chi connectivity index (χ1n) is 14.2. The van der Waals surface area contributed by atoms with Gasteiger partial charge in [-0.05, 0) is 111 Å². The average Bonchev–Trinajstić information content (AvgIpc) is 3.42.